The molecule has 1 N–H and O–H groups in total. The van der Waals surface area contributed by atoms with Crippen molar-refractivity contribution in [2.24, 2.45) is 0 Å². The number of ether oxygens (including phenoxy) is 3. The Hall–Kier alpha value is -4.35. The van der Waals surface area contributed by atoms with Crippen molar-refractivity contribution in [3.8, 4) is 22.6 Å². The number of hydrogen-bond acceptors (Lipinski definition) is 5. The number of hydrogen-bond donors (Lipinski definition) is 1. The van der Waals surface area contributed by atoms with Crippen LogP contribution in [0.15, 0.2) is 110 Å². The van der Waals surface area contributed by atoms with Crippen LogP contribution in [0.25, 0.3) is 11.1 Å². The van der Waals surface area contributed by atoms with Crippen LogP contribution in [-0.2, 0) is 14.9 Å². The molecule has 186 valence electrons. The molecule has 0 saturated heterocycles. The van der Waals surface area contributed by atoms with E-state index in [2.05, 4.69) is 79.4 Å². The summed E-state index contributed by atoms with van der Waals surface area (Å²) in [6.45, 7) is 4.03. The Bertz CT molecular complexity index is 1340. The fraction of sp³-hybridized carbons (Fsp3) is 0.156. The minimum Gasteiger partial charge on any atom is -0.491 e. The third-order valence-corrected chi connectivity index (χ3v) is 6.65. The highest BCUT2D eigenvalue weighted by atomic mass is 16.6. The maximum Gasteiger partial charge on any atom is 0.330 e. The van der Waals surface area contributed by atoms with E-state index in [1.807, 2.05) is 24.3 Å². The van der Waals surface area contributed by atoms with Crippen LogP contribution in [0.4, 0.5) is 0 Å². The summed E-state index contributed by atoms with van der Waals surface area (Å²) in [5.41, 5.74) is 6.55. The smallest absolute Gasteiger partial charge is 0.330 e. The maximum absolute atomic E-state index is 11.2. The lowest BCUT2D eigenvalue weighted by molar-refractivity contribution is -0.138. The van der Waals surface area contributed by atoms with Gasteiger partial charge >= 0.3 is 5.97 Å². The number of benzene rings is 4. The summed E-state index contributed by atoms with van der Waals surface area (Å²) in [6.07, 6.45) is 1.14. The molecule has 0 amide bonds. The van der Waals surface area contributed by atoms with Crippen LogP contribution in [-0.4, -0.2) is 37.5 Å². The quantitative estimate of drug-likeness (QED) is 0.158. The van der Waals surface area contributed by atoms with Gasteiger partial charge in [0.05, 0.1) is 12.0 Å². The number of rotatable bonds is 10. The van der Waals surface area contributed by atoms with E-state index in [1.165, 1.54) is 22.3 Å². The van der Waals surface area contributed by atoms with Crippen molar-refractivity contribution >= 4 is 5.97 Å². The molecule has 0 heterocycles. The zero-order valence-corrected chi connectivity index (χ0v) is 20.4. The van der Waals surface area contributed by atoms with Gasteiger partial charge in [0.15, 0.2) is 0 Å². The molecule has 37 heavy (non-hydrogen) atoms. The molecule has 5 rings (SSSR count). The van der Waals surface area contributed by atoms with E-state index in [1.54, 1.807) is 0 Å². The monoisotopic (exact) mass is 492 g/mol. The third kappa shape index (κ3) is 4.50. The van der Waals surface area contributed by atoms with Gasteiger partial charge in [-0.05, 0) is 57.6 Å². The SMILES string of the molecule is C=CC(=O)OCCOc1ccc(C2(c3ccc(OCCO)cc3)c3ccccc3-c3ccccc32)cc1. The van der Waals surface area contributed by atoms with Gasteiger partial charge in [0, 0.05) is 6.08 Å². The molecule has 5 heteroatoms. The Morgan fingerprint density at radius 1 is 0.703 bits per heavy atom. The molecule has 5 nitrogen and oxygen atoms in total. The van der Waals surface area contributed by atoms with E-state index >= 15 is 0 Å². The summed E-state index contributed by atoms with van der Waals surface area (Å²) in [5.74, 6) is 0.946. The number of carbonyl (C=O) groups is 1. The molecule has 0 atom stereocenters. The van der Waals surface area contributed by atoms with Gasteiger partial charge in [0.2, 0.25) is 0 Å². The Balaban J connectivity index is 1.57. The van der Waals surface area contributed by atoms with Crippen LogP contribution >= 0.6 is 0 Å². The molecule has 0 bridgehead atoms. The van der Waals surface area contributed by atoms with Gasteiger partial charge in [-0.15, -0.1) is 0 Å². The number of carbonyl (C=O) groups excluding carboxylic acids is 1. The fourth-order valence-corrected chi connectivity index (χ4v) is 5.15. The molecule has 0 unspecified atom stereocenters. The maximum atomic E-state index is 11.2. The second kappa shape index (κ2) is 10.7. The summed E-state index contributed by atoms with van der Waals surface area (Å²) >= 11 is 0. The van der Waals surface area contributed by atoms with E-state index < -0.39 is 11.4 Å². The van der Waals surface area contributed by atoms with E-state index in [9.17, 15) is 4.79 Å². The lowest BCUT2D eigenvalue weighted by Crippen LogP contribution is -2.28. The van der Waals surface area contributed by atoms with Crippen LogP contribution in [0.1, 0.15) is 22.3 Å². The molecule has 0 saturated carbocycles. The van der Waals surface area contributed by atoms with E-state index in [0.717, 1.165) is 17.2 Å². The third-order valence-electron chi connectivity index (χ3n) is 6.65. The van der Waals surface area contributed by atoms with Crippen molar-refractivity contribution in [3.63, 3.8) is 0 Å². The van der Waals surface area contributed by atoms with Crippen LogP contribution in [0.2, 0.25) is 0 Å². The van der Waals surface area contributed by atoms with E-state index in [0.29, 0.717) is 11.5 Å². The van der Waals surface area contributed by atoms with E-state index in [4.69, 9.17) is 19.3 Å². The van der Waals surface area contributed by atoms with Crippen molar-refractivity contribution < 1.29 is 24.1 Å². The largest absolute Gasteiger partial charge is 0.491 e. The second-order valence-electron chi connectivity index (χ2n) is 8.68. The fourth-order valence-electron chi connectivity index (χ4n) is 5.15. The highest BCUT2D eigenvalue weighted by Gasteiger charge is 2.45. The first-order valence-electron chi connectivity index (χ1n) is 12.2. The zero-order chi connectivity index (χ0) is 25.7. The number of aliphatic hydroxyl groups excluding tert-OH is 1. The Labute approximate surface area is 216 Å². The van der Waals surface area contributed by atoms with Gasteiger partial charge in [-0.2, -0.15) is 0 Å². The first kappa shape index (κ1) is 24.3. The standard InChI is InChI=1S/C32H28O5/c1-2-31(34)37-22-21-36-26-17-13-24(14-18-26)32(23-11-15-25(16-12-23)35-20-19-33)29-9-5-3-7-27(29)28-8-4-6-10-30(28)32/h2-18,33H,1,19-22H2. The highest BCUT2D eigenvalue weighted by molar-refractivity contribution is 5.86. The van der Waals surface area contributed by atoms with Crippen LogP contribution in [0, 0.1) is 0 Å². The van der Waals surface area contributed by atoms with Crippen LogP contribution in [0.5, 0.6) is 11.5 Å². The average molecular weight is 493 g/mol. The zero-order valence-electron chi connectivity index (χ0n) is 20.4. The van der Waals surface area contributed by atoms with Gasteiger partial charge in [0.1, 0.15) is 31.3 Å². The molecule has 4 aromatic rings. The molecule has 0 aromatic heterocycles. The van der Waals surface area contributed by atoms with Crippen molar-refractivity contribution in [3.05, 3.63) is 132 Å². The number of fused-ring (bicyclic) bond motifs is 3. The summed E-state index contributed by atoms with van der Waals surface area (Å²) < 4.78 is 16.4. The Morgan fingerprint density at radius 2 is 1.19 bits per heavy atom. The molecule has 4 aromatic carbocycles. The predicted molar refractivity (Wildman–Crippen MR) is 143 cm³/mol. The number of aliphatic hydroxyl groups is 1. The Kier molecular flexibility index (Phi) is 7.06. The minimum absolute atomic E-state index is 0.0302. The Morgan fingerprint density at radius 3 is 1.68 bits per heavy atom. The van der Waals surface area contributed by atoms with Crippen molar-refractivity contribution in [1.82, 2.24) is 0 Å². The summed E-state index contributed by atoms with van der Waals surface area (Å²) in [4.78, 5) is 11.2. The lowest BCUT2D eigenvalue weighted by atomic mass is 9.68. The van der Waals surface area contributed by atoms with Crippen molar-refractivity contribution in [2.75, 3.05) is 26.4 Å². The molecule has 1 aliphatic carbocycles. The second-order valence-corrected chi connectivity index (χ2v) is 8.68. The van der Waals surface area contributed by atoms with Gasteiger partial charge in [-0.3, -0.25) is 0 Å². The molecule has 0 spiro atoms. The molecule has 0 fully saturated rings. The predicted octanol–water partition coefficient (Wildman–Crippen LogP) is 5.53. The normalized spacial score (nSPS) is 12.8. The topological polar surface area (TPSA) is 65.0 Å². The van der Waals surface area contributed by atoms with Crippen LogP contribution in [0.3, 0.4) is 0 Å². The highest BCUT2D eigenvalue weighted by Crippen LogP contribution is 2.56. The summed E-state index contributed by atoms with van der Waals surface area (Å²) in [5, 5.41) is 9.13. The minimum atomic E-state index is -0.527. The van der Waals surface area contributed by atoms with Gasteiger partial charge in [-0.1, -0.05) is 79.4 Å². The van der Waals surface area contributed by atoms with E-state index in [-0.39, 0.29) is 26.4 Å². The lowest BCUT2D eigenvalue weighted by Gasteiger charge is -2.34. The van der Waals surface area contributed by atoms with Gasteiger partial charge in [-0.25, -0.2) is 4.79 Å². The first-order chi connectivity index (χ1) is 18.2. The van der Waals surface area contributed by atoms with Gasteiger partial charge in [0.25, 0.3) is 0 Å². The van der Waals surface area contributed by atoms with Crippen molar-refractivity contribution in [1.29, 1.82) is 0 Å². The van der Waals surface area contributed by atoms with Crippen molar-refractivity contribution in [2.45, 2.75) is 5.41 Å². The molecule has 0 aliphatic heterocycles. The number of esters is 1. The molecule has 0 radical (unpaired) electrons. The molecular weight excluding hydrogens is 464 g/mol. The molecule has 1 aliphatic rings. The van der Waals surface area contributed by atoms with Crippen LogP contribution < -0.4 is 9.47 Å². The average Bonchev–Trinajstić information content (AvgIpc) is 3.26. The van der Waals surface area contributed by atoms with Gasteiger partial charge < -0.3 is 19.3 Å². The summed E-state index contributed by atoms with van der Waals surface area (Å²) in [6, 6.07) is 33.3. The first-order valence-corrected chi connectivity index (χ1v) is 12.2. The summed E-state index contributed by atoms with van der Waals surface area (Å²) in [7, 11) is 0. The molecular formula is C32H28O5.